The molecule has 32 heavy (non-hydrogen) atoms. The Balaban J connectivity index is 1.72. The smallest absolute Gasteiger partial charge is 0.250 e. The zero-order valence-corrected chi connectivity index (χ0v) is 19.4. The highest BCUT2D eigenvalue weighted by molar-refractivity contribution is 7.89. The van der Waals surface area contributed by atoms with E-state index in [0.717, 1.165) is 46.3 Å². The average Bonchev–Trinajstić information content (AvgIpc) is 3.22. The molecule has 3 N–H and O–H groups in total. The van der Waals surface area contributed by atoms with Crippen LogP contribution in [0.1, 0.15) is 41.6 Å². The Bertz CT molecular complexity index is 1240. The summed E-state index contributed by atoms with van der Waals surface area (Å²) < 4.78 is 26.0. The summed E-state index contributed by atoms with van der Waals surface area (Å²) in [6, 6.07) is 7.78. The van der Waals surface area contributed by atoms with Crippen LogP contribution in [0.25, 0.3) is 22.0 Å². The van der Waals surface area contributed by atoms with E-state index in [-0.39, 0.29) is 11.7 Å². The highest BCUT2D eigenvalue weighted by Crippen LogP contribution is 2.37. The van der Waals surface area contributed by atoms with Crippen molar-refractivity contribution in [3.63, 3.8) is 0 Å². The maximum Gasteiger partial charge on any atom is 0.250 e. The predicted molar refractivity (Wildman–Crippen MR) is 127 cm³/mol. The van der Waals surface area contributed by atoms with E-state index >= 15 is 0 Å². The van der Waals surface area contributed by atoms with Gasteiger partial charge in [-0.2, -0.15) is 0 Å². The van der Waals surface area contributed by atoms with Crippen LogP contribution in [0.3, 0.4) is 0 Å². The fourth-order valence-corrected chi connectivity index (χ4v) is 5.53. The lowest BCUT2D eigenvalue weighted by atomic mass is 9.88. The van der Waals surface area contributed by atoms with Crippen molar-refractivity contribution >= 4 is 32.7 Å². The van der Waals surface area contributed by atoms with Crippen LogP contribution in [0.4, 0.5) is 5.82 Å². The molecule has 8 nitrogen and oxygen atoms in total. The Morgan fingerprint density at radius 3 is 2.50 bits per heavy atom. The molecule has 1 saturated heterocycles. The molecule has 0 saturated carbocycles. The normalized spacial score (nSPS) is 15.8. The molecular weight excluding hydrogens is 426 g/mol. The number of nitrogens with zero attached hydrogens (tertiary/aromatic N) is 3. The van der Waals surface area contributed by atoms with Gasteiger partial charge in [0, 0.05) is 50.5 Å². The average molecular weight is 456 g/mol. The number of nitrogens with two attached hydrogens (primary N) is 1. The Morgan fingerprint density at radius 1 is 1.22 bits per heavy atom. The predicted octanol–water partition coefficient (Wildman–Crippen LogP) is 2.92. The van der Waals surface area contributed by atoms with Gasteiger partial charge in [-0.3, -0.25) is 4.79 Å². The Labute approximate surface area is 188 Å². The lowest BCUT2D eigenvalue weighted by Gasteiger charge is -2.31. The van der Waals surface area contributed by atoms with Crippen molar-refractivity contribution in [3.05, 3.63) is 47.8 Å². The second kappa shape index (κ2) is 8.55. The number of hydrogen-bond acceptors (Lipinski definition) is 5. The third-order valence-corrected chi connectivity index (χ3v) is 8.16. The summed E-state index contributed by atoms with van der Waals surface area (Å²) in [5.74, 6) is 0.682. The third kappa shape index (κ3) is 4.10. The molecule has 1 aliphatic rings. The monoisotopic (exact) mass is 455 g/mol. The highest BCUT2D eigenvalue weighted by atomic mass is 32.2. The summed E-state index contributed by atoms with van der Waals surface area (Å²) in [5.41, 5.74) is 9.73. The van der Waals surface area contributed by atoms with Gasteiger partial charge < -0.3 is 15.6 Å². The first kappa shape index (κ1) is 22.3. The Kier molecular flexibility index (Phi) is 5.96. The molecule has 0 atom stereocenters. The lowest BCUT2D eigenvalue weighted by molar-refractivity contribution is 0.100. The number of anilines is 1. The number of aromatic nitrogens is 2. The molecule has 3 heterocycles. The maximum absolute atomic E-state index is 12.2. The number of pyridine rings is 1. The van der Waals surface area contributed by atoms with Crippen LogP contribution in [0, 0.1) is 0 Å². The largest absolute Gasteiger partial charge is 0.366 e. The molecule has 2 aromatic heterocycles. The van der Waals surface area contributed by atoms with E-state index in [1.807, 2.05) is 37.3 Å². The summed E-state index contributed by atoms with van der Waals surface area (Å²) in [4.78, 5) is 21.9. The molecule has 4 rings (SSSR count). The summed E-state index contributed by atoms with van der Waals surface area (Å²) in [6.07, 6.45) is 5.20. The number of primary amides is 1. The lowest BCUT2D eigenvalue weighted by Crippen LogP contribution is -2.38. The summed E-state index contributed by atoms with van der Waals surface area (Å²) >= 11 is 0. The van der Waals surface area contributed by atoms with E-state index in [0.29, 0.717) is 18.7 Å². The number of aromatic amines is 1. The highest BCUT2D eigenvalue weighted by Gasteiger charge is 2.29. The van der Waals surface area contributed by atoms with Gasteiger partial charge in [0.25, 0.3) is 5.91 Å². The minimum atomic E-state index is -3.17. The van der Waals surface area contributed by atoms with E-state index in [9.17, 15) is 13.2 Å². The molecule has 0 spiro atoms. The van der Waals surface area contributed by atoms with Gasteiger partial charge in [0.1, 0.15) is 5.82 Å². The number of amides is 1. The number of carbonyl (C=O) groups is 1. The second-order valence-electron chi connectivity index (χ2n) is 8.43. The minimum Gasteiger partial charge on any atom is -0.366 e. The first-order chi connectivity index (χ1) is 15.2. The van der Waals surface area contributed by atoms with Crippen LogP contribution in [0.5, 0.6) is 0 Å². The third-order valence-electron chi connectivity index (χ3n) is 6.28. The topological polar surface area (TPSA) is 112 Å². The van der Waals surface area contributed by atoms with Crippen molar-refractivity contribution < 1.29 is 13.2 Å². The van der Waals surface area contributed by atoms with Gasteiger partial charge in [-0.25, -0.2) is 17.7 Å². The molecule has 1 amide bonds. The second-order valence-corrected chi connectivity index (χ2v) is 10.7. The number of nitrogens with one attached hydrogen (secondary N) is 1. The van der Waals surface area contributed by atoms with Crippen molar-refractivity contribution in [1.82, 2.24) is 14.3 Å². The van der Waals surface area contributed by atoms with Crippen molar-refractivity contribution in [3.8, 4) is 11.1 Å². The molecule has 9 heteroatoms. The maximum atomic E-state index is 12.2. The van der Waals surface area contributed by atoms with Crippen LogP contribution >= 0.6 is 0 Å². The van der Waals surface area contributed by atoms with E-state index < -0.39 is 15.9 Å². The van der Waals surface area contributed by atoms with E-state index in [1.165, 1.54) is 0 Å². The minimum absolute atomic E-state index is 0.122. The van der Waals surface area contributed by atoms with Gasteiger partial charge in [0.15, 0.2) is 0 Å². The number of fused-ring (bicyclic) bond motifs is 1. The molecule has 0 bridgehead atoms. The van der Waals surface area contributed by atoms with Crippen LogP contribution in [0.2, 0.25) is 0 Å². The van der Waals surface area contributed by atoms with Crippen molar-refractivity contribution in [2.75, 3.05) is 37.8 Å². The molecule has 170 valence electrons. The van der Waals surface area contributed by atoms with Gasteiger partial charge in [0.05, 0.1) is 16.8 Å². The molecule has 3 aromatic rings. The first-order valence-electron chi connectivity index (χ1n) is 10.8. The molecule has 1 aliphatic heterocycles. The summed E-state index contributed by atoms with van der Waals surface area (Å²) in [6.45, 7) is 2.69. The van der Waals surface area contributed by atoms with E-state index in [1.54, 1.807) is 23.5 Å². The zero-order valence-electron chi connectivity index (χ0n) is 18.6. The van der Waals surface area contributed by atoms with Crippen molar-refractivity contribution in [2.24, 2.45) is 5.73 Å². The Hall–Kier alpha value is -2.91. The first-order valence-corrected chi connectivity index (χ1v) is 12.4. The standard InChI is InChI=1S/C23H29N5O3S/c1-4-32(30,31)28-9-7-15(8-10-28)20-14-26-22-18(20)11-17(12-19(22)23(24)29)16-5-6-21(25-13-16)27(2)3/h5-6,11-15,26H,4,7-10H2,1-3H3,(H2,24,29). The number of sulfonamides is 1. The van der Waals surface area contributed by atoms with Gasteiger partial charge >= 0.3 is 0 Å². The summed E-state index contributed by atoms with van der Waals surface area (Å²) in [5, 5.41) is 0.949. The van der Waals surface area contributed by atoms with Gasteiger partial charge in [-0.15, -0.1) is 0 Å². The van der Waals surface area contributed by atoms with Crippen molar-refractivity contribution in [1.29, 1.82) is 0 Å². The number of rotatable bonds is 6. The van der Waals surface area contributed by atoms with Crippen molar-refractivity contribution in [2.45, 2.75) is 25.7 Å². The fourth-order valence-electron chi connectivity index (χ4n) is 4.40. The van der Waals surface area contributed by atoms with E-state index in [2.05, 4.69) is 16.0 Å². The number of benzene rings is 1. The molecule has 1 aromatic carbocycles. The van der Waals surface area contributed by atoms with Gasteiger partial charge in [-0.1, -0.05) is 0 Å². The Morgan fingerprint density at radius 2 is 1.94 bits per heavy atom. The van der Waals surface area contributed by atoms with Crippen LogP contribution in [-0.2, 0) is 10.0 Å². The molecule has 1 fully saturated rings. The van der Waals surface area contributed by atoms with E-state index in [4.69, 9.17) is 5.73 Å². The zero-order chi connectivity index (χ0) is 23.0. The number of H-pyrrole nitrogens is 1. The van der Waals surface area contributed by atoms with Crippen LogP contribution < -0.4 is 10.6 Å². The number of carbonyl (C=O) groups excluding carboxylic acids is 1. The summed E-state index contributed by atoms with van der Waals surface area (Å²) in [7, 11) is 0.693. The van der Waals surface area contributed by atoms with Gasteiger partial charge in [0.2, 0.25) is 10.0 Å². The molecule has 0 aliphatic carbocycles. The van der Waals surface area contributed by atoms with Crippen LogP contribution in [-0.4, -0.2) is 61.5 Å². The fraction of sp³-hybridized carbons (Fsp3) is 0.391. The number of piperidine rings is 1. The number of hydrogen-bond donors (Lipinski definition) is 2. The molecular formula is C23H29N5O3S. The quantitative estimate of drug-likeness (QED) is 0.593. The SMILES string of the molecule is CCS(=O)(=O)N1CCC(c2c[nH]c3c(C(N)=O)cc(-c4ccc(N(C)C)nc4)cc23)CC1. The van der Waals surface area contributed by atoms with Crippen LogP contribution in [0.15, 0.2) is 36.7 Å². The molecule has 0 radical (unpaired) electrons. The molecule has 0 unspecified atom stereocenters. The van der Waals surface area contributed by atoms with Gasteiger partial charge in [-0.05, 0) is 61.1 Å².